The molecule has 28 heavy (non-hydrogen) atoms. The van der Waals surface area contributed by atoms with Crippen molar-refractivity contribution in [1.29, 1.82) is 0 Å². The Hall–Kier alpha value is -1.54. The quantitative estimate of drug-likeness (QED) is 0.627. The minimum absolute atomic E-state index is 0. The number of anilines is 1. The van der Waals surface area contributed by atoms with Crippen LogP contribution >= 0.6 is 35.5 Å². The van der Waals surface area contributed by atoms with Crippen molar-refractivity contribution in [2.24, 2.45) is 5.73 Å². The Bertz CT molecular complexity index is 837. The van der Waals surface area contributed by atoms with Crippen LogP contribution in [0.2, 0.25) is 0 Å². The van der Waals surface area contributed by atoms with Gasteiger partial charge in [0.1, 0.15) is 5.00 Å². The van der Waals surface area contributed by atoms with E-state index in [1.54, 1.807) is 11.8 Å². The third kappa shape index (κ3) is 5.08. The molecule has 0 aliphatic carbocycles. The van der Waals surface area contributed by atoms with Crippen LogP contribution in [0.3, 0.4) is 0 Å². The first-order chi connectivity index (χ1) is 13.0. The van der Waals surface area contributed by atoms with Crippen LogP contribution in [0.1, 0.15) is 51.4 Å². The predicted molar refractivity (Wildman–Crippen MR) is 120 cm³/mol. The molecule has 3 rings (SSSR count). The number of benzene rings is 1. The van der Waals surface area contributed by atoms with Crippen LogP contribution in [0.5, 0.6) is 0 Å². The number of thiophene rings is 1. The minimum Gasteiger partial charge on any atom is -0.365 e. The molecule has 1 aromatic carbocycles. The number of nitrogens with zero attached hydrogens (tertiary/aromatic N) is 1. The summed E-state index contributed by atoms with van der Waals surface area (Å²) in [5, 5.41) is 3.49. The van der Waals surface area contributed by atoms with Gasteiger partial charge in [-0.05, 0) is 55.0 Å². The Morgan fingerprint density at radius 1 is 1.25 bits per heavy atom. The van der Waals surface area contributed by atoms with E-state index in [4.69, 9.17) is 5.73 Å². The third-order valence-corrected chi connectivity index (χ3v) is 6.60. The fourth-order valence-corrected chi connectivity index (χ4v) is 5.31. The topological polar surface area (TPSA) is 75.4 Å². The van der Waals surface area contributed by atoms with E-state index in [1.807, 2.05) is 24.3 Å². The number of nitrogens with one attached hydrogen (secondary N) is 1. The molecule has 0 saturated heterocycles. The molecule has 8 heteroatoms. The van der Waals surface area contributed by atoms with Crippen molar-refractivity contribution < 1.29 is 9.59 Å². The molecule has 152 valence electrons. The van der Waals surface area contributed by atoms with Gasteiger partial charge in [-0.25, -0.2) is 0 Å². The zero-order chi connectivity index (χ0) is 19.4. The maximum Gasteiger partial charge on any atom is 0.256 e. The Labute approximate surface area is 180 Å². The van der Waals surface area contributed by atoms with Gasteiger partial charge >= 0.3 is 0 Å². The Morgan fingerprint density at radius 2 is 1.96 bits per heavy atom. The van der Waals surface area contributed by atoms with Gasteiger partial charge in [0.05, 0.1) is 5.56 Å². The van der Waals surface area contributed by atoms with Gasteiger partial charge in [0, 0.05) is 28.4 Å². The molecule has 0 spiro atoms. The van der Waals surface area contributed by atoms with E-state index in [0.29, 0.717) is 16.1 Å². The summed E-state index contributed by atoms with van der Waals surface area (Å²) in [5.74, 6) is 0.305. The van der Waals surface area contributed by atoms with Gasteiger partial charge in [0.25, 0.3) is 11.8 Å². The van der Waals surface area contributed by atoms with Crippen molar-refractivity contribution in [3.8, 4) is 0 Å². The number of hydrogen-bond acceptors (Lipinski definition) is 5. The van der Waals surface area contributed by atoms with Crippen LogP contribution in [0.15, 0.2) is 29.2 Å². The van der Waals surface area contributed by atoms with Gasteiger partial charge in [-0.1, -0.05) is 13.8 Å². The summed E-state index contributed by atoms with van der Waals surface area (Å²) in [6.45, 7) is 7.02. The number of carbonyl (C=O) groups excluding carboxylic acids is 2. The van der Waals surface area contributed by atoms with Crippen LogP contribution < -0.4 is 11.1 Å². The zero-order valence-electron chi connectivity index (χ0n) is 16.1. The lowest BCUT2D eigenvalue weighted by Gasteiger charge is -2.26. The number of fused-ring (bicyclic) bond motifs is 1. The van der Waals surface area contributed by atoms with Crippen LogP contribution in [0.4, 0.5) is 5.00 Å². The average Bonchev–Trinajstić information content (AvgIpc) is 3.00. The molecule has 1 aliphatic heterocycles. The maximum atomic E-state index is 12.7. The normalized spacial score (nSPS) is 13.5. The summed E-state index contributed by atoms with van der Waals surface area (Å²) in [6.07, 6.45) is 1.89. The van der Waals surface area contributed by atoms with Crippen molar-refractivity contribution in [3.63, 3.8) is 0 Å². The number of rotatable bonds is 7. The smallest absolute Gasteiger partial charge is 0.256 e. The zero-order valence-corrected chi connectivity index (χ0v) is 18.6. The molecule has 2 heterocycles. The lowest BCUT2D eigenvalue weighted by molar-refractivity contribution is 0.1000. The summed E-state index contributed by atoms with van der Waals surface area (Å²) < 4.78 is 0. The molecule has 0 bridgehead atoms. The first-order valence-electron chi connectivity index (χ1n) is 9.24. The summed E-state index contributed by atoms with van der Waals surface area (Å²) in [6, 6.07) is 7.52. The lowest BCUT2D eigenvalue weighted by atomic mass is 10.0. The van der Waals surface area contributed by atoms with Crippen LogP contribution in [-0.2, 0) is 13.0 Å². The lowest BCUT2D eigenvalue weighted by Crippen LogP contribution is -2.31. The largest absolute Gasteiger partial charge is 0.365 e. The Balaban J connectivity index is 0.00000280. The molecule has 0 fully saturated rings. The van der Waals surface area contributed by atoms with Crippen LogP contribution in [-0.4, -0.2) is 35.6 Å². The molecule has 0 saturated carbocycles. The molecular weight excluding hydrogens is 414 g/mol. The highest BCUT2D eigenvalue weighted by atomic mass is 35.5. The standard InChI is InChI=1S/C20H25N3O2S2.ClH/c1-3-10-23-11-9-15-16(12-23)27-20(17(15)18(21)24)22-19(25)13-5-7-14(8-6-13)26-4-2;/h5-8H,3-4,9-12H2,1-2H3,(H2,21,24)(H,22,25);1H. The van der Waals surface area contributed by atoms with Gasteiger partial charge in [-0.3, -0.25) is 14.5 Å². The van der Waals surface area contributed by atoms with E-state index in [1.165, 1.54) is 11.3 Å². The maximum absolute atomic E-state index is 12.7. The highest BCUT2D eigenvalue weighted by molar-refractivity contribution is 7.99. The summed E-state index contributed by atoms with van der Waals surface area (Å²) >= 11 is 3.21. The number of amides is 2. The Morgan fingerprint density at radius 3 is 2.57 bits per heavy atom. The first kappa shape index (κ1) is 22.7. The monoisotopic (exact) mass is 439 g/mol. The van der Waals surface area contributed by atoms with E-state index in [9.17, 15) is 9.59 Å². The average molecular weight is 440 g/mol. The van der Waals surface area contributed by atoms with Gasteiger partial charge in [-0.15, -0.1) is 35.5 Å². The number of primary amides is 1. The van der Waals surface area contributed by atoms with E-state index in [2.05, 4.69) is 24.1 Å². The van der Waals surface area contributed by atoms with E-state index in [-0.39, 0.29) is 18.3 Å². The second kappa shape index (κ2) is 10.3. The number of hydrogen-bond donors (Lipinski definition) is 2. The number of nitrogens with two attached hydrogens (primary N) is 1. The fourth-order valence-electron chi connectivity index (χ4n) is 3.36. The van der Waals surface area contributed by atoms with Crippen LogP contribution in [0, 0.1) is 0 Å². The highest BCUT2D eigenvalue weighted by Crippen LogP contribution is 2.37. The molecule has 0 atom stereocenters. The first-order valence-corrected chi connectivity index (χ1v) is 11.0. The molecule has 0 unspecified atom stereocenters. The summed E-state index contributed by atoms with van der Waals surface area (Å²) in [5.41, 5.74) is 7.71. The van der Waals surface area contributed by atoms with E-state index >= 15 is 0 Å². The second-order valence-corrected chi connectivity index (χ2v) is 8.95. The van der Waals surface area contributed by atoms with E-state index < -0.39 is 5.91 Å². The van der Waals surface area contributed by atoms with Gasteiger partial charge in [0.15, 0.2) is 0 Å². The number of halogens is 1. The molecule has 0 radical (unpaired) electrons. The molecular formula is C20H26ClN3O2S2. The molecule has 2 amide bonds. The van der Waals surface area contributed by atoms with Gasteiger partial charge in [-0.2, -0.15) is 0 Å². The van der Waals surface area contributed by atoms with Gasteiger partial charge < -0.3 is 11.1 Å². The SMILES string of the molecule is CCCN1CCc2c(sc(NC(=O)c3ccc(SCC)cc3)c2C(N)=O)C1.Cl. The number of carbonyl (C=O) groups is 2. The van der Waals surface area contributed by atoms with Crippen molar-refractivity contribution in [3.05, 3.63) is 45.8 Å². The predicted octanol–water partition coefficient (Wildman–Crippen LogP) is 4.40. The minimum atomic E-state index is -0.471. The highest BCUT2D eigenvalue weighted by Gasteiger charge is 2.27. The van der Waals surface area contributed by atoms with Crippen LogP contribution in [0.25, 0.3) is 0 Å². The van der Waals surface area contributed by atoms with Gasteiger partial charge in [0.2, 0.25) is 0 Å². The van der Waals surface area contributed by atoms with Crippen molar-refractivity contribution in [1.82, 2.24) is 4.90 Å². The Kier molecular flexibility index (Phi) is 8.37. The second-order valence-electron chi connectivity index (χ2n) is 6.51. The molecule has 3 N–H and O–H groups in total. The summed E-state index contributed by atoms with van der Waals surface area (Å²) in [4.78, 5) is 29.4. The third-order valence-electron chi connectivity index (χ3n) is 4.58. The van der Waals surface area contributed by atoms with Crippen molar-refractivity contribution in [2.45, 2.75) is 38.1 Å². The molecule has 5 nitrogen and oxygen atoms in total. The molecule has 2 aromatic rings. The van der Waals surface area contributed by atoms with Crippen molar-refractivity contribution in [2.75, 3.05) is 24.2 Å². The van der Waals surface area contributed by atoms with Crippen molar-refractivity contribution >= 4 is 52.3 Å². The molecule has 1 aromatic heterocycles. The summed E-state index contributed by atoms with van der Waals surface area (Å²) in [7, 11) is 0. The molecule has 1 aliphatic rings. The number of thioether (sulfide) groups is 1. The van der Waals surface area contributed by atoms with E-state index in [0.717, 1.165) is 53.6 Å². The fraction of sp³-hybridized carbons (Fsp3) is 0.400.